The van der Waals surface area contributed by atoms with Crippen LogP contribution in [0, 0.1) is 0 Å². The number of ether oxygens (including phenoxy) is 1. The normalized spacial score (nSPS) is 16.8. The lowest BCUT2D eigenvalue weighted by atomic mass is 9.86. The maximum absolute atomic E-state index is 13.0. The number of nitrogens with one attached hydrogen (secondary N) is 1. The first-order valence-corrected chi connectivity index (χ1v) is 9.75. The Kier molecular flexibility index (Phi) is 5.61. The zero-order valence-electron chi connectivity index (χ0n) is 16.6. The summed E-state index contributed by atoms with van der Waals surface area (Å²) in [4.78, 5) is 27.0. The summed E-state index contributed by atoms with van der Waals surface area (Å²) >= 11 is 0. The van der Waals surface area contributed by atoms with Crippen LogP contribution < -0.4 is 15.0 Å². The van der Waals surface area contributed by atoms with Gasteiger partial charge in [-0.05, 0) is 42.0 Å². The summed E-state index contributed by atoms with van der Waals surface area (Å²) in [6.07, 6.45) is 1.87. The number of hydrogen-bond donors (Lipinski definition) is 1. The van der Waals surface area contributed by atoms with E-state index in [1.807, 2.05) is 84.9 Å². The van der Waals surface area contributed by atoms with E-state index in [1.54, 1.807) is 18.1 Å². The quantitative estimate of drug-likeness (QED) is 0.482. The van der Waals surface area contributed by atoms with E-state index in [2.05, 4.69) is 5.32 Å². The van der Waals surface area contributed by atoms with Crippen molar-refractivity contribution in [2.75, 3.05) is 17.3 Å². The standard InChI is InChI=1S/C25H22N2O3/c1-30-21-14-12-20(13-15-21)27-24(18-8-4-2-5-9-18)22(25(27)29)16-17-23(28)26-19-10-6-3-7-11-19/h2-16,24H,17H2,1H3,(H,26,28). The molecule has 150 valence electrons. The lowest BCUT2D eigenvalue weighted by Gasteiger charge is -2.43. The highest BCUT2D eigenvalue weighted by molar-refractivity contribution is 6.15. The zero-order chi connectivity index (χ0) is 20.9. The smallest absolute Gasteiger partial charge is 0.257 e. The molecule has 1 unspecified atom stereocenters. The van der Waals surface area contributed by atoms with Crippen molar-refractivity contribution < 1.29 is 14.3 Å². The SMILES string of the molecule is COc1ccc(N2C(=O)C(=CCC(=O)Nc3ccccc3)C2c2ccccc2)cc1. The Hall–Kier alpha value is -3.86. The highest BCUT2D eigenvalue weighted by atomic mass is 16.5. The van der Waals surface area contributed by atoms with Crippen LogP contribution in [-0.4, -0.2) is 18.9 Å². The van der Waals surface area contributed by atoms with Gasteiger partial charge in [0.15, 0.2) is 0 Å². The first kappa shape index (κ1) is 19.5. The zero-order valence-corrected chi connectivity index (χ0v) is 16.6. The molecule has 1 atom stereocenters. The van der Waals surface area contributed by atoms with Crippen LogP contribution in [0.25, 0.3) is 0 Å². The lowest BCUT2D eigenvalue weighted by molar-refractivity contribution is -0.119. The average molecular weight is 398 g/mol. The molecule has 2 amide bonds. The maximum Gasteiger partial charge on any atom is 0.257 e. The number of hydrogen-bond acceptors (Lipinski definition) is 3. The third-order valence-corrected chi connectivity index (χ3v) is 5.05. The van der Waals surface area contributed by atoms with Gasteiger partial charge in [0, 0.05) is 23.4 Å². The summed E-state index contributed by atoms with van der Waals surface area (Å²) < 4.78 is 5.21. The minimum Gasteiger partial charge on any atom is -0.497 e. The van der Waals surface area contributed by atoms with Crippen LogP contribution in [0.15, 0.2) is 96.6 Å². The molecule has 1 heterocycles. The Morgan fingerprint density at radius 2 is 1.60 bits per heavy atom. The predicted octanol–water partition coefficient (Wildman–Crippen LogP) is 4.74. The topological polar surface area (TPSA) is 58.6 Å². The fraction of sp³-hybridized carbons (Fsp3) is 0.120. The summed E-state index contributed by atoms with van der Waals surface area (Å²) in [6.45, 7) is 0. The molecule has 0 saturated carbocycles. The molecule has 0 bridgehead atoms. The van der Waals surface area contributed by atoms with Crippen molar-refractivity contribution in [2.24, 2.45) is 0 Å². The molecule has 1 fully saturated rings. The summed E-state index contributed by atoms with van der Waals surface area (Å²) in [5, 5.41) is 2.85. The van der Waals surface area contributed by atoms with Gasteiger partial charge >= 0.3 is 0 Å². The Balaban J connectivity index is 1.56. The van der Waals surface area contributed by atoms with Crippen LogP contribution in [-0.2, 0) is 9.59 Å². The molecule has 1 saturated heterocycles. The largest absolute Gasteiger partial charge is 0.497 e. The number of rotatable bonds is 6. The molecule has 30 heavy (non-hydrogen) atoms. The van der Waals surface area contributed by atoms with E-state index in [0.717, 1.165) is 22.7 Å². The van der Waals surface area contributed by atoms with Gasteiger partial charge in [-0.1, -0.05) is 54.6 Å². The van der Waals surface area contributed by atoms with Gasteiger partial charge < -0.3 is 10.1 Å². The van der Waals surface area contributed by atoms with Gasteiger partial charge in [0.1, 0.15) is 5.75 Å². The highest BCUT2D eigenvalue weighted by Gasteiger charge is 2.43. The number of anilines is 2. The van der Waals surface area contributed by atoms with Crippen molar-refractivity contribution in [3.8, 4) is 5.75 Å². The molecule has 3 aromatic carbocycles. The van der Waals surface area contributed by atoms with E-state index in [-0.39, 0.29) is 24.3 Å². The second kappa shape index (κ2) is 8.66. The number of nitrogens with zero attached hydrogens (tertiary/aromatic N) is 1. The van der Waals surface area contributed by atoms with Gasteiger partial charge in [-0.15, -0.1) is 0 Å². The number of para-hydroxylation sites is 1. The van der Waals surface area contributed by atoms with Crippen molar-refractivity contribution in [2.45, 2.75) is 12.5 Å². The molecule has 1 N–H and O–H groups in total. The lowest BCUT2D eigenvalue weighted by Crippen LogP contribution is -2.49. The monoisotopic (exact) mass is 398 g/mol. The van der Waals surface area contributed by atoms with Crippen molar-refractivity contribution in [1.29, 1.82) is 0 Å². The van der Waals surface area contributed by atoms with Crippen molar-refractivity contribution in [3.63, 3.8) is 0 Å². The van der Waals surface area contributed by atoms with Gasteiger partial charge in [-0.2, -0.15) is 0 Å². The predicted molar refractivity (Wildman–Crippen MR) is 117 cm³/mol. The fourth-order valence-electron chi connectivity index (χ4n) is 3.55. The number of methoxy groups -OCH3 is 1. The Morgan fingerprint density at radius 1 is 0.967 bits per heavy atom. The van der Waals surface area contributed by atoms with Crippen LogP contribution in [0.3, 0.4) is 0 Å². The molecule has 0 radical (unpaired) electrons. The third kappa shape index (κ3) is 3.96. The van der Waals surface area contributed by atoms with Crippen LogP contribution in [0.1, 0.15) is 18.0 Å². The van der Waals surface area contributed by atoms with Crippen molar-refractivity contribution in [1.82, 2.24) is 0 Å². The summed E-state index contributed by atoms with van der Waals surface area (Å²) in [6, 6.07) is 26.3. The molecule has 1 aliphatic rings. The van der Waals surface area contributed by atoms with E-state index in [0.29, 0.717) is 5.57 Å². The third-order valence-electron chi connectivity index (χ3n) is 5.05. The Bertz CT molecular complexity index is 1060. The molecule has 0 aliphatic carbocycles. The van der Waals surface area contributed by atoms with Gasteiger partial charge in [-0.25, -0.2) is 0 Å². The molecule has 5 heteroatoms. The fourth-order valence-corrected chi connectivity index (χ4v) is 3.55. The highest BCUT2D eigenvalue weighted by Crippen LogP contribution is 2.43. The van der Waals surface area contributed by atoms with Gasteiger partial charge in [0.2, 0.25) is 5.91 Å². The number of amides is 2. The second-order valence-corrected chi connectivity index (χ2v) is 6.96. The Labute approximate surface area is 175 Å². The van der Waals surface area contributed by atoms with E-state index >= 15 is 0 Å². The molecular weight excluding hydrogens is 376 g/mol. The van der Waals surface area contributed by atoms with Crippen LogP contribution in [0.2, 0.25) is 0 Å². The molecule has 5 nitrogen and oxygen atoms in total. The minimum atomic E-state index is -0.225. The maximum atomic E-state index is 13.0. The van der Waals surface area contributed by atoms with Crippen molar-refractivity contribution >= 4 is 23.2 Å². The van der Waals surface area contributed by atoms with Gasteiger partial charge in [0.05, 0.1) is 13.2 Å². The van der Waals surface area contributed by atoms with Crippen LogP contribution in [0.4, 0.5) is 11.4 Å². The first-order chi connectivity index (χ1) is 14.7. The number of carbonyl (C=O) groups excluding carboxylic acids is 2. The summed E-state index contributed by atoms with van der Waals surface area (Å²) in [5.41, 5.74) is 3.16. The number of benzene rings is 3. The average Bonchev–Trinajstić information content (AvgIpc) is 2.79. The molecule has 0 aromatic heterocycles. The second-order valence-electron chi connectivity index (χ2n) is 6.96. The molecular formula is C25H22N2O3. The van der Waals surface area contributed by atoms with E-state index in [4.69, 9.17) is 4.74 Å². The van der Waals surface area contributed by atoms with Gasteiger partial charge in [-0.3, -0.25) is 14.5 Å². The van der Waals surface area contributed by atoms with Crippen LogP contribution >= 0.6 is 0 Å². The molecule has 3 aromatic rings. The summed E-state index contributed by atoms with van der Waals surface area (Å²) in [7, 11) is 1.61. The molecule has 4 rings (SSSR count). The minimum absolute atomic E-state index is 0.0958. The van der Waals surface area contributed by atoms with Crippen LogP contribution in [0.5, 0.6) is 5.75 Å². The van der Waals surface area contributed by atoms with E-state index < -0.39 is 0 Å². The van der Waals surface area contributed by atoms with Crippen molar-refractivity contribution in [3.05, 3.63) is 102 Å². The molecule has 1 aliphatic heterocycles. The van der Waals surface area contributed by atoms with E-state index in [1.165, 1.54) is 0 Å². The number of β-lactam (4-membered cyclic amide) rings is 1. The van der Waals surface area contributed by atoms with E-state index in [9.17, 15) is 9.59 Å². The molecule has 0 spiro atoms. The Morgan fingerprint density at radius 3 is 2.23 bits per heavy atom. The van der Waals surface area contributed by atoms with Gasteiger partial charge in [0.25, 0.3) is 5.91 Å². The number of carbonyl (C=O) groups is 2. The summed E-state index contributed by atoms with van der Waals surface area (Å²) in [5.74, 6) is 0.481. The first-order valence-electron chi connectivity index (χ1n) is 9.75.